The van der Waals surface area contributed by atoms with Crippen molar-refractivity contribution in [3.63, 3.8) is 0 Å². The molecule has 1 aromatic carbocycles. The molecular formula is C13H12F3NO3. The van der Waals surface area contributed by atoms with Gasteiger partial charge in [-0.3, -0.25) is 4.79 Å². The largest absolute Gasteiger partial charge is 0.481 e. The fraction of sp³-hybridized carbons (Fsp3) is 0.385. The Labute approximate surface area is 112 Å². The molecule has 2 rings (SSSR count). The van der Waals surface area contributed by atoms with Crippen molar-refractivity contribution < 1.29 is 27.5 Å². The van der Waals surface area contributed by atoms with E-state index in [2.05, 4.69) is 4.98 Å². The van der Waals surface area contributed by atoms with Crippen molar-refractivity contribution >= 4 is 17.1 Å². The van der Waals surface area contributed by atoms with Gasteiger partial charge in [0.15, 0.2) is 11.5 Å². The summed E-state index contributed by atoms with van der Waals surface area (Å²) in [7, 11) is 0. The number of aromatic nitrogens is 1. The Bertz CT molecular complexity index is 633. The van der Waals surface area contributed by atoms with Gasteiger partial charge < -0.3 is 9.52 Å². The summed E-state index contributed by atoms with van der Waals surface area (Å²) in [5.41, 5.74) is -0.406. The fourth-order valence-electron chi connectivity index (χ4n) is 1.91. The van der Waals surface area contributed by atoms with Crippen LogP contribution in [0.5, 0.6) is 0 Å². The Morgan fingerprint density at radius 3 is 2.75 bits per heavy atom. The number of benzene rings is 1. The first-order valence-corrected chi connectivity index (χ1v) is 5.94. The van der Waals surface area contributed by atoms with Crippen molar-refractivity contribution in [2.24, 2.45) is 5.92 Å². The van der Waals surface area contributed by atoms with Gasteiger partial charge in [-0.15, -0.1) is 0 Å². The highest BCUT2D eigenvalue weighted by Crippen LogP contribution is 2.31. The molecule has 2 aromatic rings. The molecule has 108 valence electrons. The Kier molecular flexibility index (Phi) is 3.69. The zero-order valence-corrected chi connectivity index (χ0v) is 10.6. The SMILES string of the molecule is CC(CC(=O)O)Cc1nc2cc(C(F)(F)F)ccc2o1. The van der Waals surface area contributed by atoms with E-state index in [1.165, 1.54) is 6.07 Å². The summed E-state index contributed by atoms with van der Waals surface area (Å²) in [4.78, 5) is 14.5. The highest BCUT2D eigenvalue weighted by Gasteiger charge is 2.31. The lowest BCUT2D eigenvalue weighted by Gasteiger charge is -2.04. The molecular weight excluding hydrogens is 275 g/mol. The van der Waals surface area contributed by atoms with E-state index in [4.69, 9.17) is 9.52 Å². The maximum Gasteiger partial charge on any atom is 0.416 e. The molecule has 0 amide bonds. The molecule has 0 radical (unpaired) electrons. The minimum absolute atomic E-state index is 0.0491. The summed E-state index contributed by atoms with van der Waals surface area (Å²) >= 11 is 0. The van der Waals surface area contributed by atoms with Crippen LogP contribution < -0.4 is 0 Å². The molecule has 0 aliphatic carbocycles. The van der Waals surface area contributed by atoms with E-state index >= 15 is 0 Å². The molecule has 0 aliphatic heterocycles. The molecule has 7 heteroatoms. The van der Waals surface area contributed by atoms with Gasteiger partial charge in [0.05, 0.1) is 5.56 Å². The lowest BCUT2D eigenvalue weighted by molar-refractivity contribution is -0.138. The van der Waals surface area contributed by atoms with Gasteiger partial charge in [0.25, 0.3) is 0 Å². The third-order valence-electron chi connectivity index (χ3n) is 2.81. The van der Waals surface area contributed by atoms with Gasteiger partial charge >= 0.3 is 12.1 Å². The number of oxazole rings is 1. The quantitative estimate of drug-likeness (QED) is 0.934. The van der Waals surface area contributed by atoms with Crippen LogP contribution in [0.3, 0.4) is 0 Å². The van der Waals surface area contributed by atoms with Gasteiger partial charge in [0.1, 0.15) is 5.52 Å². The van der Waals surface area contributed by atoms with Crippen LogP contribution in [0, 0.1) is 5.92 Å². The molecule has 1 aromatic heterocycles. The van der Waals surface area contributed by atoms with Crippen molar-refractivity contribution in [3.05, 3.63) is 29.7 Å². The van der Waals surface area contributed by atoms with E-state index < -0.39 is 17.7 Å². The van der Waals surface area contributed by atoms with Crippen molar-refractivity contribution in [1.29, 1.82) is 0 Å². The average Bonchev–Trinajstić information content (AvgIpc) is 2.66. The van der Waals surface area contributed by atoms with Crippen LogP contribution in [0.4, 0.5) is 13.2 Å². The molecule has 0 saturated carbocycles. The number of rotatable bonds is 4. The zero-order valence-electron chi connectivity index (χ0n) is 10.6. The maximum absolute atomic E-state index is 12.6. The standard InChI is InChI=1S/C13H12F3NO3/c1-7(5-12(18)19)4-11-17-9-6-8(13(14,15)16)2-3-10(9)20-11/h2-3,6-7H,4-5H2,1H3,(H,18,19). The number of carboxylic acid groups (broad SMARTS) is 1. The molecule has 0 bridgehead atoms. The van der Waals surface area contributed by atoms with Crippen LogP contribution in [0.1, 0.15) is 24.8 Å². The molecule has 0 aliphatic rings. The topological polar surface area (TPSA) is 63.3 Å². The van der Waals surface area contributed by atoms with E-state index in [1.807, 2.05) is 0 Å². The second-order valence-electron chi connectivity index (χ2n) is 4.70. The Balaban J connectivity index is 2.23. The van der Waals surface area contributed by atoms with Gasteiger partial charge in [0.2, 0.25) is 0 Å². The van der Waals surface area contributed by atoms with Crippen LogP contribution in [0.15, 0.2) is 22.6 Å². The molecule has 0 spiro atoms. The highest BCUT2D eigenvalue weighted by molar-refractivity contribution is 5.73. The summed E-state index contributed by atoms with van der Waals surface area (Å²) < 4.78 is 43.0. The number of carboxylic acids is 1. The molecule has 1 atom stereocenters. The number of nitrogens with zero attached hydrogens (tertiary/aromatic N) is 1. The van der Waals surface area contributed by atoms with E-state index in [-0.39, 0.29) is 35.7 Å². The van der Waals surface area contributed by atoms with Crippen molar-refractivity contribution in [2.75, 3.05) is 0 Å². The maximum atomic E-state index is 12.6. The van der Waals surface area contributed by atoms with E-state index in [9.17, 15) is 18.0 Å². The Morgan fingerprint density at radius 2 is 2.15 bits per heavy atom. The zero-order chi connectivity index (χ0) is 14.9. The predicted octanol–water partition coefficient (Wildman–Crippen LogP) is 3.50. The van der Waals surface area contributed by atoms with Crippen LogP contribution in [0.2, 0.25) is 0 Å². The van der Waals surface area contributed by atoms with Crippen LogP contribution in [0.25, 0.3) is 11.1 Å². The van der Waals surface area contributed by atoms with Gasteiger partial charge in [-0.05, 0) is 24.1 Å². The number of hydrogen-bond donors (Lipinski definition) is 1. The monoisotopic (exact) mass is 287 g/mol. The molecule has 1 heterocycles. The molecule has 1 N–H and O–H groups in total. The van der Waals surface area contributed by atoms with Crippen molar-refractivity contribution in [3.8, 4) is 0 Å². The van der Waals surface area contributed by atoms with Crippen LogP contribution in [-0.4, -0.2) is 16.1 Å². The summed E-state index contributed by atoms with van der Waals surface area (Å²) in [6.45, 7) is 1.71. The number of alkyl halides is 3. The number of aliphatic carboxylic acids is 1. The summed E-state index contributed by atoms with van der Waals surface area (Å²) in [5.74, 6) is -0.899. The number of carbonyl (C=O) groups is 1. The molecule has 20 heavy (non-hydrogen) atoms. The van der Waals surface area contributed by atoms with Gasteiger partial charge in [0, 0.05) is 12.8 Å². The first kappa shape index (κ1) is 14.4. The van der Waals surface area contributed by atoms with Crippen LogP contribution >= 0.6 is 0 Å². The second-order valence-corrected chi connectivity index (χ2v) is 4.70. The number of hydrogen-bond acceptors (Lipinski definition) is 3. The highest BCUT2D eigenvalue weighted by atomic mass is 19.4. The van der Waals surface area contributed by atoms with Crippen LogP contribution in [-0.2, 0) is 17.4 Å². The smallest absolute Gasteiger partial charge is 0.416 e. The van der Waals surface area contributed by atoms with Crippen molar-refractivity contribution in [2.45, 2.75) is 25.9 Å². The second kappa shape index (κ2) is 5.15. The lowest BCUT2D eigenvalue weighted by atomic mass is 10.0. The molecule has 1 unspecified atom stereocenters. The van der Waals surface area contributed by atoms with Gasteiger partial charge in [-0.25, -0.2) is 4.98 Å². The first-order chi connectivity index (χ1) is 9.25. The Hall–Kier alpha value is -2.05. The van der Waals surface area contributed by atoms with Crippen molar-refractivity contribution in [1.82, 2.24) is 4.98 Å². The minimum Gasteiger partial charge on any atom is -0.481 e. The molecule has 0 fully saturated rings. The molecule has 0 saturated heterocycles. The Morgan fingerprint density at radius 1 is 1.45 bits per heavy atom. The predicted molar refractivity (Wildman–Crippen MR) is 64.1 cm³/mol. The molecule has 4 nitrogen and oxygen atoms in total. The summed E-state index contributed by atoms with van der Waals surface area (Å²) in [6, 6.07) is 3.07. The van der Waals surface area contributed by atoms with E-state index in [0.717, 1.165) is 12.1 Å². The van der Waals surface area contributed by atoms with E-state index in [1.54, 1.807) is 6.92 Å². The number of halogens is 3. The average molecular weight is 287 g/mol. The first-order valence-electron chi connectivity index (χ1n) is 5.94. The lowest BCUT2D eigenvalue weighted by Crippen LogP contribution is -2.07. The van der Waals surface area contributed by atoms with Gasteiger partial charge in [-0.2, -0.15) is 13.2 Å². The minimum atomic E-state index is -4.43. The van der Waals surface area contributed by atoms with E-state index in [0.29, 0.717) is 0 Å². The summed E-state index contributed by atoms with van der Waals surface area (Å²) in [6.07, 6.45) is -4.21. The fourth-order valence-corrected chi connectivity index (χ4v) is 1.91. The van der Waals surface area contributed by atoms with Gasteiger partial charge in [-0.1, -0.05) is 6.92 Å². The third kappa shape index (κ3) is 3.28. The normalized spacial score (nSPS) is 13.6. The summed E-state index contributed by atoms with van der Waals surface area (Å²) in [5, 5.41) is 8.65. The third-order valence-corrected chi connectivity index (χ3v) is 2.81. The number of fused-ring (bicyclic) bond motifs is 1.